The number of nitrogens with zero attached hydrogens (tertiary/aromatic N) is 5. The molecule has 1 amide bonds. The van der Waals surface area contributed by atoms with Crippen molar-refractivity contribution in [3.8, 4) is 5.82 Å². The summed E-state index contributed by atoms with van der Waals surface area (Å²) >= 11 is 1.96. The number of nitrogens with one attached hydrogen (secondary N) is 1. The van der Waals surface area contributed by atoms with Crippen molar-refractivity contribution >= 4 is 23.5 Å². The fourth-order valence-corrected chi connectivity index (χ4v) is 4.01. The second-order valence-corrected chi connectivity index (χ2v) is 7.83. The molecule has 0 spiro atoms. The van der Waals surface area contributed by atoms with Gasteiger partial charge in [0.25, 0.3) is 5.91 Å². The van der Waals surface area contributed by atoms with E-state index in [9.17, 15) is 4.79 Å². The molecule has 1 atom stereocenters. The average Bonchev–Trinajstić information content (AvgIpc) is 3.26. The summed E-state index contributed by atoms with van der Waals surface area (Å²) in [4.78, 5) is 27.8. The zero-order valence-electron chi connectivity index (χ0n) is 15.7. The van der Waals surface area contributed by atoms with Gasteiger partial charge in [0.15, 0.2) is 0 Å². The van der Waals surface area contributed by atoms with Crippen molar-refractivity contribution in [2.24, 2.45) is 0 Å². The summed E-state index contributed by atoms with van der Waals surface area (Å²) in [6.07, 6.45) is 4.87. The molecule has 1 fully saturated rings. The van der Waals surface area contributed by atoms with Crippen LogP contribution in [-0.4, -0.2) is 50.0 Å². The number of rotatable bonds is 5. The molecule has 0 bridgehead atoms. The summed E-state index contributed by atoms with van der Waals surface area (Å²) < 4.78 is 1.76. The van der Waals surface area contributed by atoms with Gasteiger partial charge in [-0.05, 0) is 12.5 Å². The minimum atomic E-state index is -0.211. The quantitative estimate of drug-likeness (QED) is 0.717. The van der Waals surface area contributed by atoms with Gasteiger partial charge in [0.2, 0.25) is 0 Å². The third kappa shape index (κ3) is 4.17. The molecule has 0 radical (unpaired) electrons. The maximum atomic E-state index is 12.6. The minimum Gasteiger partial charge on any atom is -0.355 e. The van der Waals surface area contributed by atoms with E-state index in [1.807, 2.05) is 55.1 Å². The lowest BCUT2D eigenvalue weighted by Crippen LogP contribution is -2.33. The van der Waals surface area contributed by atoms with Gasteiger partial charge in [-0.3, -0.25) is 9.36 Å². The Bertz CT molecular complexity index is 939. The second kappa shape index (κ2) is 8.43. The third-order valence-corrected chi connectivity index (χ3v) is 5.64. The van der Waals surface area contributed by atoms with Crippen LogP contribution in [0.3, 0.4) is 0 Å². The number of amides is 1. The van der Waals surface area contributed by atoms with Gasteiger partial charge in [-0.2, -0.15) is 11.8 Å². The van der Waals surface area contributed by atoms with E-state index in [4.69, 9.17) is 0 Å². The molecule has 4 rings (SSSR count). The molecule has 2 aromatic heterocycles. The smallest absolute Gasteiger partial charge is 0.271 e. The number of thioether (sulfide) groups is 1. The number of benzene rings is 1. The SMILES string of the molecule is C[C@@H](NC(=O)c1cn(-c2cc(N3CCSCC3)ncn2)cn1)c1ccccc1. The van der Waals surface area contributed by atoms with Crippen molar-refractivity contribution in [2.75, 3.05) is 29.5 Å². The van der Waals surface area contributed by atoms with Crippen LogP contribution in [0.15, 0.2) is 55.2 Å². The lowest BCUT2D eigenvalue weighted by atomic mass is 10.1. The van der Waals surface area contributed by atoms with E-state index >= 15 is 0 Å². The van der Waals surface area contributed by atoms with E-state index in [0.29, 0.717) is 11.5 Å². The van der Waals surface area contributed by atoms with Crippen LogP contribution in [0.25, 0.3) is 5.82 Å². The molecule has 1 aliphatic rings. The molecule has 28 heavy (non-hydrogen) atoms. The fourth-order valence-electron chi connectivity index (χ4n) is 3.10. The molecule has 1 aliphatic heterocycles. The Balaban J connectivity index is 1.47. The van der Waals surface area contributed by atoms with Gasteiger partial charge in [0.1, 0.15) is 30.0 Å². The van der Waals surface area contributed by atoms with Crippen LogP contribution in [0.5, 0.6) is 0 Å². The Hall–Kier alpha value is -2.87. The molecule has 8 heteroatoms. The largest absolute Gasteiger partial charge is 0.355 e. The van der Waals surface area contributed by atoms with Crippen LogP contribution in [0.1, 0.15) is 29.0 Å². The van der Waals surface area contributed by atoms with Gasteiger partial charge >= 0.3 is 0 Å². The van der Waals surface area contributed by atoms with Crippen molar-refractivity contribution in [3.05, 3.63) is 66.5 Å². The van der Waals surface area contributed by atoms with Crippen LogP contribution in [0.2, 0.25) is 0 Å². The highest BCUT2D eigenvalue weighted by Gasteiger charge is 2.16. The first kappa shape index (κ1) is 18.5. The molecular weight excluding hydrogens is 372 g/mol. The number of carbonyl (C=O) groups excluding carboxylic acids is 1. The monoisotopic (exact) mass is 394 g/mol. The van der Waals surface area contributed by atoms with Crippen molar-refractivity contribution in [3.63, 3.8) is 0 Å². The highest BCUT2D eigenvalue weighted by Crippen LogP contribution is 2.19. The molecule has 1 aromatic carbocycles. The first-order valence-electron chi connectivity index (χ1n) is 9.25. The van der Waals surface area contributed by atoms with Gasteiger partial charge in [-0.1, -0.05) is 30.3 Å². The molecule has 0 unspecified atom stereocenters. The highest BCUT2D eigenvalue weighted by atomic mass is 32.2. The average molecular weight is 395 g/mol. The number of hydrogen-bond donors (Lipinski definition) is 1. The normalized spacial score (nSPS) is 15.2. The molecule has 1 saturated heterocycles. The standard InChI is InChI=1S/C20H22N6OS/c1-15(16-5-3-2-4-6-16)24-20(27)17-12-26(14-23-17)19-11-18(21-13-22-19)25-7-9-28-10-8-25/h2-6,11-15H,7-10H2,1H3,(H,24,27)/t15-/m1/s1. The topological polar surface area (TPSA) is 75.9 Å². The second-order valence-electron chi connectivity index (χ2n) is 6.61. The summed E-state index contributed by atoms with van der Waals surface area (Å²) in [7, 11) is 0. The first-order chi connectivity index (χ1) is 13.7. The Morgan fingerprint density at radius 2 is 1.86 bits per heavy atom. The van der Waals surface area contributed by atoms with Crippen molar-refractivity contribution < 1.29 is 4.79 Å². The zero-order chi connectivity index (χ0) is 19.3. The Kier molecular flexibility index (Phi) is 5.57. The molecule has 1 N–H and O–H groups in total. The summed E-state index contributed by atoms with van der Waals surface area (Å²) in [5.41, 5.74) is 1.41. The van der Waals surface area contributed by atoms with Crippen molar-refractivity contribution in [1.82, 2.24) is 24.8 Å². The summed E-state index contributed by atoms with van der Waals surface area (Å²) in [6, 6.07) is 11.7. The van der Waals surface area contributed by atoms with E-state index in [0.717, 1.165) is 36.0 Å². The molecule has 3 aromatic rings. The number of anilines is 1. The fraction of sp³-hybridized carbons (Fsp3) is 0.300. The first-order valence-corrected chi connectivity index (χ1v) is 10.4. The van der Waals surface area contributed by atoms with Crippen LogP contribution < -0.4 is 10.2 Å². The van der Waals surface area contributed by atoms with Crippen LogP contribution in [0.4, 0.5) is 5.82 Å². The summed E-state index contributed by atoms with van der Waals surface area (Å²) in [5.74, 6) is 3.61. The van der Waals surface area contributed by atoms with Gasteiger partial charge in [0, 0.05) is 36.9 Å². The maximum absolute atomic E-state index is 12.6. The lowest BCUT2D eigenvalue weighted by Gasteiger charge is -2.27. The van der Waals surface area contributed by atoms with Crippen LogP contribution >= 0.6 is 11.8 Å². The van der Waals surface area contributed by atoms with E-state index in [1.165, 1.54) is 0 Å². The van der Waals surface area contributed by atoms with Gasteiger partial charge < -0.3 is 10.2 Å². The van der Waals surface area contributed by atoms with E-state index in [1.54, 1.807) is 23.4 Å². The van der Waals surface area contributed by atoms with Crippen LogP contribution in [-0.2, 0) is 0 Å². The van der Waals surface area contributed by atoms with Gasteiger partial charge in [0.05, 0.1) is 6.04 Å². The highest BCUT2D eigenvalue weighted by molar-refractivity contribution is 7.99. The van der Waals surface area contributed by atoms with Crippen molar-refractivity contribution in [1.29, 1.82) is 0 Å². The zero-order valence-corrected chi connectivity index (χ0v) is 16.5. The number of aromatic nitrogens is 4. The van der Waals surface area contributed by atoms with Crippen molar-refractivity contribution in [2.45, 2.75) is 13.0 Å². The molecule has 0 saturated carbocycles. The number of carbonyl (C=O) groups is 1. The van der Waals surface area contributed by atoms with Gasteiger partial charge in [-0.25, -0.2) is 15.0 Å². The summed E-state index contributed by atoms with van der Waals surface area (Å²) in [6.45, 7) is 3.92. The van der Waals surface area contributed by atoms with Crippen LogP contribution in [0, 0.1) is 0 Å². The molecule has 144 valence electrons. The Morgan fingerprint density at radius 3 is 2.64 bits per heavy atom. The number of imidazole rings is 1. The lowest BCUT2D eigenvalue weighted by molar-refractivity contribution is 0.0935. The van der Waals surface area contributed by atoms with Gasteiger partial charge in [-0.15, -0.1) is 0 Å². The van der Waals surface area contributed by atoms with E-state index < -0.39 is 0 Å². The summed E-state index contributed by atoms with van der Waals surface area (Å²) in [5, 5.41) is 2.98. The molecule has 7 nitrogen and oxygen atoms in total. The van der Waals surface area contributed by atoms with E-state index in [-0.39, 0.29) is 11.9 Å². The van der Waals surface area contributed by atoms with E-state index in [2.05, 4.69) is 25.2 Å². The predicted octanol–water partition coefficient (Wildman–Crippen LogP) is 2.71. The predicted molar refractivity (Wildman–Crippen MR) is 111 cm³/mol. The molecule has 0 aliphatic carbocycles. The minimum absolute atomic E-state index is 0.0959. The Morgan fingerprint density at radius 1 is 1.11 bits per heavy atom. The Labute approximate surface area is 168 Å². The third-order valence-electron chi connectivity index (χ3n) is 4.70. The number of hydrogen-bond acceptors (Lipinski definition) is 6. The maximum Gasteiger partial charge on any atom is 0.271 e. The molecule has 3 heterocycles. The molecular formula is C20H22N6OS.